The van der Waals surface area contributed by atoms with Crippen molar-refractivity contribution in [3.8, 4) is 0 Å². The van der Waals surface area contributed by atoms with Gasteiger partial charge >= 0.3 is 0 Å². The minimum Gasteiger partial charge on any atom is -0.327 e. The molecule has 3 rings (SSSR count). The fraction of sp³-hybridized carbons (Fsp3) is 0.333. The largest absolute Gasteiger partial charge is 0.327 e. The Morgan fingerprint density at radius 1 is 0.920 bits per heavy atom. The lowest BCUT2D eigenvalue weighted by Gasteiger charge is -2.35. The van der Waals surface area contributed by atoms with E-state index in [4.69, 9.17) is 0 Å². The minimum atomic E-state index is -3.59. The van der Waals surface area contributed by atoms with Gasteiger partial charge in [-0.3, -0.25) is 0 Å². The van der Waals surface area contributed by atoms with E-state index in [-0.39, 0.29) is 16.8 Å². The van der Waals surface area contributed by atoms with Gasteiger partial charge in [0.15, 0.2) is 0 Å². The minimum absolute atomic E-state index is 0.115. The van der Waals surface area contributed by atoms with E-state index in [1.54, 1.807) is 12.1 Å². The molecule has 2 aromatic carbocycles. The Labute approximate surface area is 146 Å². The number of hydrogen-bond acceptors (Lipinski definition) is 2. The number of halogens is 2. The molecule has 0 radical (unpaired) electrons. The van der Waals surface area contributed by atoms with Gasteiger partial charge in [-0.1, -0.05) is 12.1 Å². The van der Waals surface area contributed by atoms with Crippen molar-refractivity contribution in [2.45, 2.75) is 17.9 Å². The second-order valence-corrected chi connectivity index (χ2v) is 8.23. The number of nitrogens with zero attached hydrogens (tertiary/aromatic N) is 1. The summed E-state index contributed by atoms with van der Waals surface area (Å²) in [5, 5.41) is 0. The summed E-state index contributed by atoms with van der Waals surface area (Å²) in [6.45, 7) is 4.20. The second kappa shape index (κ2) is 7.19. The summed E-state index contributed by atoms with van der Waals surface area (Å²) in [7, 11) is -3.59. The Balaban J connectivity index is 1.67. The Morgan fingerprint density at radius 3 is 1.92 bits per heavy atom. The van der Waals surface area contributed by atoms with Crippen molar-refractivity contribution in [1.82, 2.24) is 4.31 Å². The normalized spacial score (nSPS) is 18.2. The van der Waals surface area contributed by atoms with Crippen molar-refractivity contribution in [2.24, 2.45) is 0 Å². The van der Waals surface area contributed by atoms with E-state index < -0.39 is 15.8 Å². The predicted octanol–water partition coefficient (Wildman–Crippen LogP) is 1.62. The summed E-state index contributed by atoms with van der Waals surface area (Å²) in [5.41, 5.74) is 1.03. The molecular weight excluding hydrogens is 346 g/mol. The standard InChI is InChI=1S/C18H20F2N2O2S/c1-14(15-2-4-16(19)5-3-15)21-10-12-22(13-11-21)25(23,24)18-8-6-17(20)7-9-18/h2-9,14H,10-13H2,1H3/p+1/t14-/m1/s1. The molecule has 7 heteroatoms. The third-order valence-corrected chi connectivity index (χ3v) is 6.71. The number of hydrogen-bond donors (Lipinski definition) is 1. The van der Waals surface area contributed by atoms with Crippen LogP contribution >= 0.6 is 0 Å². The van der Waals surface area contributed by atoms with Gasteiger partial charge in [-0.25, -0.2) is 17.2 Å². The molecule has 134 valence electrons. The fourth-order valence-corrected chi connectivity index (χ4v) is 4.63. The highest BCUT2D eigenvalue weighted by atomic mass is 32.2. The van der Waals surface area contributed by atoms with Gasteiger partial charge in [0.2, 0.25) is 10.0 Å². The van der Waals surface area contributed by atoms with Crippen LogP contribution in [0, 0.1) is 11.6 Å². The topological polar surface area (TPSA) is 41.8 Å². The molecular formula is C18H21F2N2O2S+. The van der Waals surface area contributed by atoms with Crippen LogP contribution in [-0.4, -0.2) is 38.9 Å². The molecule has 0 aromatic heterocycles. The summed E-state index contributed by atoms with van der Waals surface area (Å²) in [6, 6.07) is 11.5. The molecule has 0 bridgehead atoms. The number of rotatable bonds is 4. The zero-order valence-corrected chi connectivity index (χ0v) is 14.8. The quantitative estimate of drug-likeness (QED) is 0.892. The first kappa shape index (κ1) is 18.0. The van der Waals surface area contributed by atoms with Gasteiger partial charge in [0.25, 0.3) is 0 Å². The molecule has 1 aliphatic heterocycles. The first-order valence-corrected chi connectivity index (χ1v) is 9.68. The van der Waals surface area contributed by atoms with Crippen LogP contribution in [0.1, 0.15) is 18.5 Å². The summed E-state index contributed by atoms with van der Waals surface area (Å²) < 4.78 is 52.8. The van der Waals surface area contributed by atoms with Crippen LogP contribution in [-0.2, 0) is 10.0 Å². The Bertz CT molecular complexity index is 815. The van der Waals surface area contributed by atoms with Crippen molar-refractivity contribution in [3.05, 3.63) is 65.7 Å². The van der Waals surface area contributed by atoms with E-state index >= 15 is 0 Å². The van der Waals surface area contributed by atoms with E-state index in [9.17, 15) is 17.2 Å². The molecule has 0 aliphatic carbocycles. The van der Waals surface area contributed by atoms with Gasteiger partial charge in [0.1, 0.15) is 17.7 Å². The molecule has 1 aliphatic rings. The smallest absolute Gasteiger partial charge is 0.243 e. The van der Waals surface area contributed by atoms with Crippen molar-refractivity contribution >= 4 is 10.0 Å². The van der Waals surface area contributed by atoms with Gasteiger partial charge < -0.3 is 4.90 Å². The van der Waals surface area contributed by atoms with Crippen molar-refractivity contribution in [2.75, 3.05) is 26.2 Å². The molecule has 0 spiro atoms. The number of nitrogens with one attached hydrogen (secondary N) is 1. The van der Waals surface area contributed by atoms with Crippen LogP contribution in [0.4, 0.5) is 8.78 Å². The van der Waals surface area contributed by atoms with Crippen LogP contribution in [0.25, 0.3) is 0 Å². The maximum Gasteiger partial charge on any atom is 0.243 e. The van der Waals surface area contributed by atoms with Gasteiger partial charge in [-0.2, -0.15) is 4.31 Å². The van der Waals surface area contributed by atoms with Gasteiger partial charge in [-0.05, 0) is 43.3 Å². The van der Waals surface area contributed by atoms with Crippen molar-refractivity contribution in [1.29, 1.82) is 0 Å². The molecule has 25 heavy (non-hydrogen) atoms. The van der Waals surface area contributed by atoms with Gasteiger partial charge in [-0.15, -0.1) is 0 Å². The Morgan fingerprint density at radius 2 is 1.40 bits per heavy atom. The van der Waals surface area contributed by atoms with Crippen LogP contribution in [0.5, 0.6) is 0 Å². The second-order valence-electron chi connectivity index (χ2n) is 6.29. The molecule has 4 nitrogen and oxygen atoms in total. The third kappa shape index (κ3) is 3.89. The Kier molecular flexibility index (Phi) is 5.17. The zero-order chi connectivity index (χ0) is 18.0. The van der Waals surface area contributed by atoms with E-state index in [1.807, 2.05) is 0 Å². The van der Waals surface area contributed by atoms with E-state index in [0.717, 1.165) is 17.7 Å². The van der Waals surface area contributed by atoms with Gasteiger partial charge in [0, 0.05) is 5.56 Å². The average molecular weight is 367 g/mol. The van der Waals surface area contributed by atoms with Crippen LogP contribution in [0.15, 0.2) is 53.4 Å². The van der Waals surface area contributed by atoms with Crippen molar-refractivity contribution in [3.63, 3.8) is 0 Å². The molecule has 1 saturated heterocycles. The SMILES string of the molecule is C[C@H](c1ccc(F)cc1)[NH+]1CCN(S(=O)(=O)c2ccc(F)cc2)CC1. The summed E-state index contributed by atoms with van der Waals surface area (Å²) in [4.78, 5) is 1.38. The predicted molar refractivity (Wildman–Crippen MR) is 90.7 cm³/mol. The van der Waals surface area contributed by atoms with Gasteiger partial charge in [0.05, 0.1) is 31.1 Å². The van der Waals surface area contributed by atoms with Crippen LogP contribution in [0.2, 0.25) is 0 Å². The number of sulfonamides is 1. The summed E-state index contributed by atoms with van der Waals surface area (Å²) >= 11 is 0. The summed E-state index contributed by atoms with van der Waals surface area (Å²) in [5.74, 6) is -0.720. The molecule has 0 unspecified atom stereocenters. The molecule has 1 N–H and O–H groups in total. The van der Waals surface area contributed by atoms with E-state index in [0.29, 0.717) is 26.2 Å². The molecule has 1 fully saturated rings. The highest BCUT2D eigenvalue weighted by Gasteiger charge is 2.32. The maximum absolute atomic E-state index is 13.1. The number of quaternary nitrogens is 1. The Hall–Kier alpha value is -1.83. The first-order chi connectivity index (χ1) is 11.9. The summed E-state index contributed by atoms with van der Waals surface area (Å²) in [6.07, 6.45) is 0. The zero-order valence-electron chi connectivity index (χ0n) is 14.0. The molecule has 0 amide bonds. The lowest BCUT2D eigenvalue weighted by atomic mass is 10.1. The highest BCUT2D eigenvalue weighted by Crippen LogP contribution is 2.17. The van der Waals surface area contributed by atoms with Crippen molar-refractivity contribution < 1.29 is 22.1 Å². The fourth-order valence-electron chi connectivity index (χ4n) is 3.19. The van der Waals surface area contributed by atoms with Crippen LogP contribution < -0.4 is 4.90 Å². The number of piperazine rings is 1. The molecule has 2 aromatic rings. The molecule has 0 saturated carbocycles. The first-order valence-electron chi connectivity index (χ1n) is 8.23. The molecule has 1 atom stereocenters. The average Bonchev–Trinajstić information content (AvgIpc) is 2.62. The highest BCUT2D eigenvalue weighted by molar-refractivity contribution is 7.89. The lowest BCUT2D eigenvalue weighted by Crippen LogP contribution is -3.14. The molecule has 1 heterocycles. The van der Waals surface area contributed by atoms with Crippen LogP contribution in [0.3, 0.4) is 0 Å². The third-order valence-electron chi connectivity index (χ3n) is 4.80. The van der Waals surface area contributed by atoms with E-state index in [1.165, 1.54) is 33.5 Å². The van der Waals surface area contributed by atoms with E-state index in [2.05, 4.69) is 6.92 Å². The maximum atomic E-state index is 13.1. The number of benzene rings is 2. The monoisotopic (exact) mass is 367 g/mol. The lowest BCUT2D eigenvalue weighted by molar-refractivity contribution is -0.933.